The lowest BCUT2D eigenvalue weighted by Gasteiger charge is -2.35. The highest BCUT2D eigenvalue weighted by Gasteiger charge is 2.27. The number of nitrogens with one attached hydrogen (secondary N) is 1. The first kappa shape index (κ1) is 10.9. The summed E-state index contributed by atoms with van der Waals surface area (Å²) in [4.78, 5) is 2.21. The van der Waals surface area contributed by atoms with Gasteiger partial charge in [-0.1, -0.05) is 12.8 Å². The lowest BCUT2D eigenvalue weighted by Crippen LogP contribution is -2.43. The Morgan fingerprint density at radius 1 is 1.20 bits per heavy atom. The van der Waals surface area contributed by atoms with E-state index >= 15 is 0 Å². The van der Waals surface area contributed by atoms with Gasteiger partial charge in [0.05, 0.1) is 5.84 Å². The number of hydrogen-bond acceptors (Lipinski definition) is 2. The molecule has 3 nitrogen and oxygen atoms in total. The molecule has 2 N–H and O–H groups in total. The van der Waals surface area contributed by atoms with Crippen LogP contribution in [0, 0.1) is 17.2 Å². The summed E-state index contributed by atoms with van der Waals surface area (Å²) < 4.78 is 0. The summed E-state index contributed by atoms with van der Waals surface area (Å²) in [5, 5.41) is 17.3. The lowest BCUT2D eigenvalue weighted by atomic mass is 9.96. The van der Waals surface area contributed by atoms with E-state index in [0.29, 0.717) is 11.8 Å². The maximum absolute atomic E-state index is 9.16. The van der Waals surface area contributed by atoms with Crippen LogP contribution in [0.25, 0.3) is 0 Å². The third kappa shape index (κ3) is 2.51. The van der Waals surface area contributed by atoms with Crippen LogP contribution in [0.3, 0.4) is 0 Å². The second-order valence-electron chi connectivity index (χ2n) is 5.00. The molecule has 2 fully saturated rings. The van der Waals surface area contributed by atoms with E-state index in [1.54, 1.807) is 0 Å². The number of rotatable bonds is 2. The number of amidine groups is 1. The van der Waals surface area contributed by atoms with Crippen LogP contribution in [0.15, 0.2) is 0 Å². The molecule has 1 unspecified atom stereocenters. The second-order valence-corrected chi connectivity index (χ2v) is 5.00. The normalized spacial score (nSPS) is 28.3. The molecule has 0 amide bonds. The number of nitrogens with zero attached hydrogens (tertiary/aromatic N) is 1. The SMILES string of the molecule is N=C(C1CCCC1)N1CCCC(CO)C1. The van der Waals surface area contributed by atoms with Crippen molar-refractivity contribution in [2.45, 2.75) is 38.5 Å². The van der Waals surface area contributed by atoms with Crippen LogP contribution in [0.1, 0.15) is 38.5 Å². The molecule has 1 atom stereocenters. The van der Waals surface area contributed by atoms with Gasteiger partial charge in [0.25, 0.3) is 0 Å². The Kier molecular flexibility index (Phi) is 3.62. The van der Waals surface area contributed by atoms with Gasteiger partial charge in [-0.25, -0.2) is 0 Å². The number of hydrogen-bond donors (Lipinski definition) is 2. The fraction of sp³-hybridized carbons (Fsp3) is 0.917. The van der Waals surface area contributed by atoms with Crippen LogP contribution in [-0.4, -0.2) is 35.5 Å². The predicted molar refractivity (Wildman–Crippen MR) is 61.1 cm³/mol. The van der Waals surface area contributed by atoms with E-state index in [-0.39, 0.29) is 6.61 Å². The van der Waals surface area contributed by atoms with Gasteiger partial charge in [-0.15, -0.1) is 0 Å². The van der Waals surface area contributed by atoms with E-state index < -0.39 is 0 Å². The molecule has 1 heterocycles. The zero-order valence-corrected chi connectivity index (χ0v) is 9.41. The fourth-order valence-electron chi connectivity index (χ4n) is 2.89. The molecular formula is C12H22N2O. The molecule has 0 aromatic carbocycles. The highest BCUT2D eigenvalue weighted by molar-refractivity contribution is 5.82. The first-order valence-electron chi connectivity index (χ1n) is 6.25. The molecule has 0 spiro atoms. The summed E-state index contributed by atoms with van der Waals surface area (Å²) in [6.07, 6.45) is 7.28. The summed E-state index contributed by atoms with van der Waals surface area (Å²) in [6, 6.07) is 0. The third-order valence-corrected chi connectivity index (χ3v) is 3.86. The number of aliphatic hydroxyl groups is 1. The molecule has 0 bridgehead atoms. The summed E-state index contributed by atoms with van der Waals surface area (Å²) >= 11 is 0. The minimum atomic E-state index is 0.286. The molecule has 1 aliphatic heterocycles. The van der Waals surface area contributed by atoms with Gasteiger partial charge < -0.3 is 10.0 Å². The summed E-state index contributed by atoms with van der Waals surface area (Å²) in [5.41, 5.74) is 0. The van der Waals surface area contributed by atoms with Gasteiger partial charge in [-0.05, 0) is 31.6 Å². The predicted octanol–water partition coefficient (Wildman–Crippen LogP) is 1.86. The fourth-order valence-corrected chi connectivity index (χ4v) is 2.89. The van der Waals surface area contributed by atoms with Crippen LogP contribution < -0.4 is 0 Å². The molecule has 1 saturated heterocycles. The van der Waals surface area contributed by atoms with Crippen LogP contribution in [0.4, 0.5) is 0 Å². The topological polar surface area (TPSA) is 47.3 Å². The van der Waals surface area contributed by atoms with E-state index in [1.165, 1.54) is 25.7 Å². The van der Waals surface area contributed by atoms with E-state index in [9.17, 15) is 0 Å². The Bertz CT molecular complexity index is 224. The molecule has 3 heteroatoms. The van der Waals surface area contributed by atoms with E-state index in [4.69, 9.17) is 10.5 Å². The monoisotopic (exact) mass is 210 g/mol. The first-order valence-corrected chi connectivity index (χ1v) is 6.25. The van der Waals surface area contributed by atoms with E-state index in [2.05, 4.69) is 4.90 Å². The lowest BCUT2D eigenvalue weighted by molar-refractivity contribution is 0.157. The number of likely N-dealkylation sites (tertiary alicyclic amines) is 1. The molecule has 0 aromatic heterocycles. The Labute approximate surface area is 92.0 Å². The molecule has 86 valence electrons. The van der Waals surface area contributed by atoms with Crippen molar-refractivity contribution in [3.8, 4) is 0 Å². The third-order valence-electron chi connectivity index (χ3n) is 3.86. The maximum Gasteiger partial charge on any atom is 0.0989 e. The molecule has 1 saturated carbocycles. The van der Waals surface area contributed by atoms with Crippen LogP contribution in [-0.2, 0) is 0 Å². The van der Waals surface area contributed by atoms with Crippen molar-refractivity contribution in [1.82, 2.24) is 4.90 Å². The smallest absolute Gasteiger partial charge is 0.0989 e. The van der Waals surface area contributed by atoms with Crippen molar-refractivity contribution in [3.05, 3.63) is 0 Å². The average molecular weight is 210 g/mol. The van der Waals surface area contributed by atoms with Crippen molar-refractivity contribution in [2.75, 3.05) is 19.7 Å². The summed E-state index contributed by atoms with van der Waals surface area (Å²) in [6.45, 7) is 2.23. The van der Waals surface area contributed by atoms with Gasteiger partial charge in [0, 0.05) is 25.6 Å². The van der Waals surface area contributed by atoms with Crippen LogP contribution in [0.2, 0.25) is 0 Å². The summed E-state index contributed by atoms with van der Waals surface area (Å²) in [7, 11) is 0. The quantitative estimate of drug-likeness (QED) is 0.540. The molecule has 15 heavy (non-hydrogen) atoms. The molecule has 0 aromatic rings. The Balaban J connectivity index is 1.88. The minimum absolute atomic E-state index is 0.286. The average Bonchev–Trinajstić information content (AvgIpc) is 2.81. The highest BCUT2D eigenvalue weighted by atomic mass is 16.3. The largest absolute Gasteiger partial charge is 0.396 e. The van der Waals surface area contributed by atoms with Crippen molar-refractivity contribution in [2.24, 2.45) is 11.8 Å². The van der Waals surface area contributed by atoms with E-state index in [0.717, 1.165) is 31.8 Å². The Morgan fingerprint density at radius 2 is 1.93 bits per heavy atom. The van der Waals surface area contributed by atoms with Crippen molar-refractivity contribution >= 4 is 5.84 Å². The second kappa shape index (κ2) is 4.97. The van der Waals surface area contributed by atoms with Crippen LogP contribution >= 0.6 is 0 Å². The van der Waals surface area contributed by atoms with Crippen LogP contribution in [0.5, 0.6) is 0 Å². The van der Waals surface area contributed by atoms with Gasteiger partial charge in [0.2, 0.25) is 0 Å². The van der Waals surface area contributed by atoms with Gasteiger partial charge in [-0.2, -0.15) is 0 Å². The first-order chi connectivity index (χ1) is 7.31. The molecule has 2 rings (SSSR count). The van der Waals surface area contributed by atoms with Crippen molar-refractivity contribution in [1.29, 1.82) is 5.41 Å². The maximum atomic E-state index is 9.16. The number of aliphatic hydroxyl groups excluding tert-OH is 1. The molecule has 1 aliphatic carbocycles. The molecule has 0 radical (unpaired) electrons. The minimum Gasteiger partial charge on any atom is -0.396 e. The van der Waals surface area contributed by atoms with Gasteiger partial charge >= 0.3 is 0 Å². The zero-order valence-electron chi connectivity index (χ0n) is 9.41. The summed E-state index contributed by atoms with van der Waals surface area (Å²) in [5.74, 6) is 1.77. The zero-order chi connectivity index (χ0) is 10.7. The van der Waals surface area contributed by atoms with Crippen molar-refractivity contribution in [3.63, 3.8) is 0 Å². The molecular weight excluding hydrogens is 188 g/mol. The standard InChI is InChI=1S/C12H22N2O/c13-12(11-5-1-2-6-11)14-7-3-4-10(8-14)9-15/h10-11,13,15H,1-9H2. The van der Waals surface area contributed by atoms with Gasteiger partial charge in [-0.3, -0.25) is 5.41 Å². The van der Waals surface area contributed by atoms with Crippen molar-refractivity contribution < 1.29 is 5.11 Å². The van der Waals surface area contributed by atoms with Gasteiger partial charge in [0.15, 0.2) is 0 Å². The Hall–Kier alpha value is -0.570. The Morgan fingerprint density at radius 3 is 2.60 bits per heavy atom. The van der Waals surface area contributed by atoms with E-state index in [1.807, 2.05) is 0 Å². The molecule has 2 aliphatic rings. The highest BCUT2D eigenvalue weighted by Crippen LogP contribution is 2.28. The number of piperidine rings is 1. The van der Waals surface area contributed by atoms with Gasteiger partial charge in [0.1, 0.15) is 0 Å².